The summed E-state index contributed by atoms with van der Waals surface area (Å²) in [7, 11) is 0. The molecule has 52 heavy (non-hydrogen) atoms. The summed E-state index contributed by atoms with van der Waals surface area (Å²) in [5.74, 6) is 0. The van der Waals surface area contributed by atoms with Gasteiger partial charge in [0, 0.05) is 21.6 Å². The Hall–Kier alpha value is -6.44. The van der Waals surface area contributed by atoms with Gasteiger partial charge in [0.05, 0.1) is 11.0 Å². The second kappa shape index (κ2) is 10.8. The van der Waals surface area contributed by atoms with Crippen LogP contribution in [0, 0.1) is 0 Å². The number of furan rings is 1. The van der Waals surface area contributed by atoms with Crippen molar-refractivity contribution >= 4 is 54.3 Å². The monoisotopic (exact) mass is 670 g/mol. The Morgan fingerprint density at radius 3 is 1.83 bits per heavy atom. The van der Waals surface area contributed by atoms with Gasteiger partial charge in [0.2, 0.25) is 0 Å². The van der Waals surface area contributed by atoms with Gasteiger partial charge in [-0.15, -0.1) is 0 Å². The van der Waals surface area contributed by atoms with E-state index in [1.165, 1.54) is 11.1 Å². The van der Waals surface area contributed by atoms with Gasteiger partial charge >= 0.3 is 0 Å². The Bertz CT molecular complexity index is 3480. The molecule has 1 nitrogen and oxygen atoms in total. The molecular formula is C51H34O. The maximum atomic E-state index is 9.51. The maximum Gasteiger partial charge on any atom is 0.143 e. The third-order valence-electron chi connectivity index (χ3n) is 11.1. The number of fused-ring (bicyclic) bond motifs is 10. The zero-order chi connectivity index (χ0) is 41.5. The van der Waals surface area contributed by atoms with Crippen LogP contribution >= 0.6 is 0 Å². The molecule has 1 aliphatic carbocycles. The molecule has 0 saturated carbocycles. The lowest BCUT2D eigenvalue weighted by molar-refractivity contribution is 0.660. The molecule has 0 unspecified atom stereocenters. The Labute approximate surface area is 313 Å². The van der Waals surface area contributed by atoms with Crippen LogP contribution in [0.5, 0.6) is 0 Å². The first-order valence-electron chi connectivity index (χ1n) is 21.5. The van der Waals surface area contributed by atoms with Crippen molar-refractivity contribution < 1.29 is 15.4 Å². The molecule has 1 heterocycles. The molecule has 0 saturated heterocycles. The van der Waals surface area contributed by atoms with Crippen molar-refractivity contribution in [2.75, 3.05) is 0 Å². The molecule has 0 N–H and O–H groups in total. The van der Waals surface area contributed by atoms with Gasteiger partial charge < -0.3 is 4.42 Å². The van der Waals surface area contributed by atoms with E-state index in [-0.39, 0.29) is 51.1 Å². The highest BCUT2D eigenvalue weighted by Crippen LogP contribution is 2.52. The molecule has 0 radical (unpaired) electrons. The number of hydrogen-bond donors (Lipinski definition) is 0. The fourth-order valence-corrected chi connectivity index (χ4v) is 8.70. The summed E-state index contributed by atoms with van der Waals surface area (Å²) in [6.07, 6.45) is 0. The molecule has 1 aliphatic rings. The summed E-state index contributed by atoms with van der Waals surface area (Å²) in [4.78, 5) is 0. The SMILES string of the molecule is [2H]c1c([2H])c([2H])c2c(-c3ccc4oc5c6ccccc6ccc5c4c3)c3c([2H])c([2H])c([2H])c([2H])c3c(-c3cccc(-c4cccc5c4-c4ccccc4C5(C)C)c3)c2c1[2H]. The van der Waals surface area contributed by atoms with Crippen molar-refractivity contribution in [2.24, 2.45) is 0 Å². The largest absolute Gasteiger partial charge is 0.455 e. The zero-order valence-electron chi connectivity index (χ0n) is 36.5. The van der Waals surface area contributed by atoms with E-state index in [4.69, 9.17) is 9.90 Å². The van der Waals surface area contributed by atoms with E-state index in [2.05, 4.69) is 50.2 Å². The fraction of sp³-hybridized carbons (Fsp3) is 0.0588. The van der Waals surface area contributed by atoms with Crippen LogP contribution in [0.2, 0.25) is 0 Å². The quantitative estimate of drug-likeness (QED) is 0.171. The predicted octanol–water partition coefficient (Wildman–Crippen LogP) is 14.4. The highest BCUT2D eigenvalue weighted by molar-refractivity contribution is 6.23. The van der Waals surface area contributed by atoms with Gasteiger partial charge in [0.25, 0.3) is 0 Å². The van der Waals surface area contributed by atoms with Crippen LogP contribution in [0.25, 0.3) is 98.8 Å². The smallest absolute Gasteiger partial charge is 0.143 e. The Balaban J connectivity index is 1.27. The van der Waals surface area contributed by atoms with Crippen LogP contribution in [0.1, 0.15) is 35.9 Å². The van der Waals surface area contributed by atoms with Crippen LogP contribution in [0.15, 0.2) is 174 Å². The van der Waals surface area contributed by atoms with Crippen LogP contribution in [0.3, 0.4) is 0 Å². The van der Waals surface area contributed by atoms with Crippen molar-refractivity contribution in [3.63, 3.8) is 0 Å². The molecule has 0 amide bonds. The van der Waals surface area contributed by atoms with Gasteiger partial charge in [-0.2, -0.15) is 0 Å². The van der Waals surface area contributed by atoms with E-state index < -0.39 is 24.2 Å². The first kappa shape index (κ1) is 22.4. The minimum atomic E-state index is -0.434. The Morgan fingerprint density at radius 1 is 0.442 bits per heavy atom. The Kier molecular flexibility index (Phi) is 4.64. The Morgan fingerprint density at radius 2 is 1.06 bits per heavy atom. The maximum absolute atomic E-state index is 9.51. The summed E-state index contributed by atoms with van der Waals surface area (Å²) in [5.41, 5.74) is 9.40. The van der Waals surface area contributed by atoms with Gasteiger partial charge in [-0.1, -0.05) is 159 Å². The molecule has 0 atom stereocenters. The number of hydrogen-bond acceptors (Lipinski definition) is 1. The van der Waals surface area contributed by atoms with E-state index in [1.54, 1.807) is 6.07 Å². The second-order valence-electron chi connectivity index (χ2n) is 14.2. The average Bonchev–Trinajstić information content (AvgIpc) is 3.76. The van der Waals surface area contributed by atoms with E-state index in [9.17, 15) is 5.48 Å². The van der Waals surface area contributed by atoms with Crippen LogP contribution in [-0.2, 0) is 5.41 Å². The summed E-state index contributed by atoms with van der Waals surface area (Å²) in [6.45, 7) is 4.46. The molecule has 1 heteroatoms. The molecule has 0 aliphatic heterocycles. The van der Waals surface area contributed by atoms with Gasteiger partial charge in [-0.3, -0.25) is 0 Å². The molecule has 0 bridgehead atoms. The van der Waals surface area contributed by atoms with Crippen molar-refractivity contribution in [1.29, 1.82) is 0 Å². The zero-order valence-corrected chi connectivity index (χ0v) is 28.5. The van der Waals surface area contributed by atoms with Crippen molar-refractivity contribution in [1.82, 2.24) is 0 Å². The van der Waals surface area contributed by atoms with Gasteiger partial charge in [0.15, 0.2) is 0 Å². The molecule has 11 rings (SSSR count). The molecular weight excluding hydrogens is 629 g/mol. The van der Waals surface area contributed by atoms with Crippen molar-refractivity contribution in [3.8, 4) is 44.5 Å². The lowest BCUT2D eigenvalue weighted by Crippen LogP contribution is -2.14. The van der Waals surface area contributed by atoms with Gasteiger partial charge in [-0.25, -0.2) is 0 Å². The van der Waals surface area contributed by atoms with E-state index in [1.807, 2.05) is 78.9 Å². The molecule has 244 valence electrons. The second-order valence-corrected chi connectivity index (χ2v) is 14.2. The number of rotatable bonds is 3. The lowest BCUT2D eigenvalue weighted by Gasteiger charge is -2.21. The number of benzene rings is 9. The van der Waals surface area contributed by atoms with Crippen molar-refractivity contribution in [3.05, 3.63) is 181 Å². The van der Waals surface area contributed by atoms with E-state index >= 15 is 0 Å². The molecule has 1 aromatic heterocycles. The molecule has 0 spiro atoms. The minimum Gasteiger partial charge on any atom is -0.455 e. The summed E-state index contributed by atoms with van der Waals surface area (Å²) >= 11 is 0. The molecule has 9 aromatic carbocycles. The summed E-state index contributed by atoms with van der Waals surface area (Å²) in [6, 6.07) is 37.1. The fourth-order valence-electron chi connectivity index (χ4n) is 8.70. The third kappa shape index (κ3) is 4.05. The lowest BCUT2D eigenvalue weighted by atomic mass is 9.82. The predicted molar refractivity (Wildman–Crippen MR) is 220 cm³/mol. The summed E-state index contributed by atoms with van der Waals surface area (Å²) < 4.78 is 80.1. The molecule has 10 aromatic rings. The minimum absolute atomic E-state index is 0.174. The highest BCUT2D eigenvalue weighted by atomic mass is 16.3. The average molecular weight is 671 g/mol. The van der Waals surface area contributed by atoms with E-state index in [0.717, 1.165) is 43.8 Å². The van der Waals surface area contributed by atoms with E-state index in [0.29, 0.717) is 33.4 Å². The first-order chi connectivity index (χ1) is 28.9. The van der Waals surface area contributed by atoms with Gasteiger partial charge in [-0.05, 0) is 107 Å². The topological polar surface area (TPSA) is 13.1 Å². The summed E-state index contributed by atoms with van der Waals surface area (Å²) in [5, 5.41) is 4.31. The van der Waals surface area contributed by atoms with Crippen LogP contribution in [-0.4, -0.2) is 0 Å². The third-order valence-corrected chi connectivity index (χ3v) is 11.1. The van der Waals surface area contributed by atoms with Gasteiger partial charge in [0.1, 0.15) is 11.2 Å². The standard InChI is InChI=1S/C51H34O/c1-51(2)44-23-10-9-21-42(44)49-35(22-12-24-45(49)51)32-14-11-15-33(29-32)47-37-17-5-7-19-39(37)48(40-20-8-6-18-38(40)47)34-26-28-46-43(30-34)41-27-25-31-13-3-4-16-36(31)50(41)52-46/h3-30H,1-2H3/i5D,6D,7D,8D,17D,18D,19D,20D. The first-order valence-corrected chi connectivity index (χ1v) is 17.5. The molecule has 0 fully saturated rings. The highest BCUT2D eigenvalue weighted by Gasteiger charge is 2.36. The van der Waals surface area contributed by atoms with Crippen LogP contribution in [0.4, 0.5) is 0 Å². The van der Waals surface area contributed by atoms with Crippen molar-refractivity contribution in [2.45, 2.75) is 19.3 Å². The normalized spacial score (nSPS) is 15.5. The van der Waals surface area contributed by atoms with Crippen LogP contribution < -0.4 is 0 Å².